The molecule has 1 N–H and O–H groups in total. The van der Waals surface area contributed by atoms with Gasteiger partial charge >= 0.3 is 0 Å². The predicted molar refractivity (Wildman–Crippen MR) is 102 cm³/mol. The van der Waals surface area contributed by atoms with E-state index in [1.807, 2.05) is 18.2 Å². The summed E-state index contributed by atoms with van der Waals surface area (Å²) >= 11 is 5.83. The van der Waals surface area contributed by atoms with E-state index in [-0.39, 0.29) is 11.9 Å². The summed E-state index contributed by atoms with van der Waals surface area (Å²) in [7, 11) is 0. The summed E-state index contributed by atoms with van der Waals surface area (Å²) < 4.78 is 5.61. The number of carbonyl (C=O) groups is 1. The molecule has 0 saturated carbocycles. The second-order valence-electron chi connectivity index (χ2n) is 6.28. The maximum Gasteiger partial charge on any atom is 0.225 e. The molecule has 2 heterocycles. The average molecular weight is 375 g/mol. The van der Waals surface area contributed by atoms with Crippen LogP contribution in [0.1, 0.15) is 25.7 Å². The van der Waals surface area contributed by atoms with Gasteiger partial charge in [-0.15, -0.1) is 0 Å². The van der Waals surface area contributed by atoms with Gasteiger partial charge in [-0.3, -0.25) is 4.79 Å². The van der Waals surface area contributed by atoms with Gasteiger partial charge in [0.05, 0.1) is 6.61 Å². The highest BCUT2D eigenvalue weighted by Gasteiger charge is 2.21. The highest BCUT2D eigenvalue weighted by Crippen LogP contribution is 2.17. The van der Waals surface area contributed by atoms with E-state index in [0.29, 0.717) is 24.5 Å². The molecular formula is C19H23ClN4O2. The number of carbonyl (C=O) groups excluding carboxylic acids is 1. The van der Waals surface area contributed by atoms with Crippen LogP contribution in [-0.2, 0) is 4.79 Å². The molecule has 0 atom stereocenters. The zero-order valence-corrected chi connectivity index (χ0v) is 15.4. The second-order valence-corrected chi connectivity index (χ2v) is 6.72. The highest BCUT2D eigenvalue weighted by atomic mass is 35.5. The number of rotatable bonds is 7. The summed E-state index contributed by atoms with van der Waals surface area (Å²) in [5, 5.41) is 3.80. The van der Waals surface area contributed by atoms with Crippen molar-refractivity contribution in [2.45, 2.75) is 31.7 Å². The van der Waals surface area contributed by atoms with Gasteiger partial charge in [0, 0.05) is 43.0 Å². The first-order valence-electron chi connectivity index (χ1n) is 8.90. The fourth-order valence-corrected chi connectivity index (χ4v) is 3.06. The molecule has 1 aromatic heterocycles. The van der Waals surface area contributed by atoms with E-state index in [1.165, 1.54) is 0 Å². The number of benzene rings is 1. The topological polar surface area (TPSA) is 67.3 Å². The van der Waals surface area contributed by atoms with Gasteiger partial charge in [0.25, 0.3) is 0 Å². The fraction of sp³-hybridized carbons (Fsp3) is 0.421. The molecule has 0 spiro atoms. The minimum atomic E-state index is 0.0825. The molecule has 138 valence electrons. The summed E-state index contributed by atoms with van der Waals surface area (Å²) in [6, 6.07) is 9.26. The third-order valence-corrected chi connectivity index (χ3v) is 4.58. The summed E-state index contributed by atoms with van der Waals surface area (Å²) in [6.45, 7) is 2.22. The Morgan fingerprint density at radius 3 is 2.58 bits per heavy atom. The Bertz CT molecular complexity index is 688. The number of aromatic nitrogens is 2. The average Bonchev–Trinajstić information content (AvgIpc) is 2.68. The van der Waals surface area contributed by atoms with Gasteiger partial charge in [0.1, 0.15) is 5.75 Å². The van der Waals surface area contributed by atoms with Gasteiger partial charge in [0.2, 0.25) is 11.9 Å². The van der Waals surface area contributed by atoms with Gasteiger partial charge in [-0.1, -0.05) is 11.6 Å². The third-order valence-electron chi connectivity index (χ3n) is 4.33. The SMILES string of the molecule is O=C(CCCOc1ccc(Cl)cc1)NC1CCN(c2ncccn2)CC1. The van der Waals surface area contributed by atoms with Crippen molar-refractivity contribution in [2.24, 2.45) is 0 Å². The van der Waals surface area contributed by atoms with Crippen LogP contribution in [0.5, 0.6) is 5.75 Å². The summed E-state index contributed by atoms with van der Waals surface area (Å²) in [6.07, 6.45) is 6.47. The number of hydrogen-bond donors (Lipinski definition) is 1. The number of nitrogens with zero attached hydrogens (tertiary/aromatic N) is 3. The number of piperidine rings is 1. The van der Waals surface area contributed by atoms with E-state index < -0.39 is 0 Å². The quantitative estimate of drug-likeness (QED) is 0.754. The fourth-order valence-electron chi connectivity index (χ4n) is 2.93. The lowest BCUT2D eigenvalue weighted by molar-refractivity contribution is -0.122. The molecule has 7 heteroatoms. The molecule has 0 bridgehead atoms. The van der Waals surface area contributed by atoms with Crippen molar-refractivity contribution in [3.8, 4) is 5.75 Å². The summed E-state index contributed by atoms with van der Waals surface area (Å²) in [4.78, 5) is 22.8. The van der Waals surface area contributed by atoms with Gasteiger partial charge in [0.15, 0.2) is 0 Å². The lowest BCUT2D eigenvalue weighted by Gasteiger charge is -2.32. The lowest BCUT2D eigenvalue weighted by Crippen LogP contribution is -2.45. The van der Waals surface area contributed by atoms with Gasteiger partial charge < -0.3 is 15.0 Å². The molecule has 1 aliphatic rings. The molecule has 6 nitrogen and oxygen atoms in total. The molecule has 0 aliphatic carbocycles. The molecule has 0 radical (unpaired) electrons. The normalized spacial score (nSPS) is 14.9. The molecule has 0 unspecified atom stereocenters. The maximum absolute atomic E-state index is 12.1. The molecule has 1 fully saturated rings. The molecule has 1 saturated heterocycles. The Balaban J connectivity index is 1.31. The van der Waals surface area contributed by atoms with Crippen LogP contribution in [0.15, 0.2) is 42.7 Å². The largest absolute Gasteiger partial charge is 0.494 e. The Kier molecular flexibility index (Phi) is 6.66. The maximum atomic E-state index is 12.1. The van der Waals surface area contributed by atoms with Crippen LogP contribution in [0.4, 0.5) is 5.95 Å². The number of ether oxygens (including phenoxy) is 1. The monoisotopic (exact) mass is 374 g/mol. The van der Waals surface area contributed by atoms with Crippen molar-refractivity contribution in [1.82, 2.24) is 15.3 Å². The smallest absolute Gasteiger partial charge is 0.225 e. The predicted octanol–water partition coefficient (Wildman–Crippen LogP) is 3.07. The van der Waals surface area contributed by atoms with Crippen LogP contribution in [0.25, 0.3) is 0 Å². The first kappa shape index (κ1) is 18.5. The Morgan fingerprint density at radius 2 is 1.88 bits per heavy atom. The Hall–Kier alpha value is -2.34. The molecule has 3 rings (SSSR count). The van der Waals surface area contributed by atoms with Crippen LogP contribution < -0.4 is 15.0 Å². The number of hydrogen-bond acceptors (Lipinski definition) is 5. The van der Waals surface area contributed by atoms with E-state index in [4.69, 9.17) is 16.3 Å². The van der Waals surface area contributed by atoms with Crippen LogP contribution in [0.3, 0.4) is 0 Å². The number of halogens is 1. The van der Waals surface area contributed by atoms with E-state index in [0.717, 1.165) is 37.6 Å². The van der Waals surface area contributed by atoms with Crippen LogP contribution >= 0.6 is 11.6 Å². The minimum Gasteiger partial charge on any atom is -0.494 e. The summed E-state index contributed by atoms with van der Waals surface area (Å²) in [5.74, 6) is 1.61. The molecule has 1 amide bonds. The molecule has 26 heavy (non-hydrogen) atoms. The lowest BCUT2D eigenvalue weighted by atomic mass is 10.1. The first-order valence-corrected chi connectivity index (χ1v) is 9.28. The van der Waals surface area contributed by atoms with Crippen LogP contribution in [-0.4, -0.2) is 41.6 Å². The number of amides is 1. The first-order chi connectivity index (χ1) is 12.7. The molecular weight excluding hydrogens is 352 g/mol. The van der Waals surface area contributed by atoms with Gasteiger partial charge in [-0.2, -0.15) is 0 Å². The van der Waals surface area contributed by atoms with E-state index in [9.17, 15) is 4.79 Å². The molecule has 1 aromatic carbocycles. The third kappa shape index (κ3) is 5.59. The Morgan fingerprint density at radius 1 is 1.19 bits per heavy atom. The van der Waals surface area contributed by atoms with Crippen molar-refractivity contribution in [2.75, 3.05) is 24.6 Å². The number of anilines is 1. The Labute approximate surface area is 158 Å². The number of nitrogens with one attached hydrogen (secondary N) is 1. The minimum absolute atomic E-state index is 0.0825. The summed E-state index contributed by atoms with van der Waals surface area (Å²) in [5.41, 5.74) is 0. The highest BCUT2D eigenvalue weighted by molar-refractivity contribution is 6.30. The van der Waals surface area contributed by atoms with Gasteiger partial charge in [-0.05, 0) is 49.6 Å². The molecule has 1 aliphatic heterocycles. The zero-order valence-electron chi connectivity index (χ0n) is 14.6. The van der Waals surface area contributed by atoms with Crippen LogP contribution in [0, 0.1) is 0 Å². The second kappa shape index (κ2) is 9.38. The van der Waals surface area contributed by atoms with Crippen molar-refractivity contribution in [3.05, 3.63) is 47.7 Å². The van der Waals surface area contributed by atoms with Crippen molar-refractivity contribution in [3.63, 3.8) is 0 Å². The van der Waals surface area contributed by atoms with E-state index in [1.54, 1.807) is 24.5 Å². The van der Waals surface area contributed by atoms with E-state index in [2.05, 4.69) is 20.2 Å². The van der Waals surface area contributed by atoms with Crippen LogP contribution in [0.2, 0.25) is 5.02 Å². The van der Waals surface area contributed by atoms with E-state index >= 15 is 0 Å². The van der Waals surface area contributed by atoms with Crippen molar-refractivity contribution >= 4 is 23.5 Å². The zero-order chi connectivity index (χ0) is 18.2. The van der Waals surface area contributed by atoms with Gasteiger partial charge in [-0.25, -0.2) is 9.97 Å². The standard InChI is InChI=1S/C19H23ClN4O2/c20-15-4-6-17(7-5-15)26-14-1-3-18(25)23-16-8-12-24(13-9-16)19-21-10-2-11-22-19/h2,4-7,10-11,16H,1,3,8-9,12-14H2,(H,23,25). The van der Waals surface area contributed by atoms with Crippen molar-refractivity contribution in [1.29, 1.82) is 0 Å². The molecule has 2 aromatic rings. The van der Waals surface area contributed by atoms with Crippen molar-refractivity contribution < 1.29 is 9.53 Å².